The lowest BCUT2D eigenvalue weighted by Crippen LogP contribution is -2.58. The van der Waals surface area contributed by atoms with Crippen LogP contribution in [0.4, 0.5) is 0 Å². The van der Waals surface area contributed by atoms with Gasteiger partial charge in [0.15, 0.2) is 5.58 Å². The van der Waals surface area contributed by atoms with Crippen molar-refractivity contribution in [3.63, 3.8) is 0 Å². The first-order valence-corrected chi connectivity index (χ1v) is 12.5. The smallest absolute Gasteiger partial charge is 0.249 e. The summed E-state index contributed by atoms with van der Waals surface area (Å²) in [5.74, 6) is 0. The average Bonchev–Trinajstić information content (AvgIpc) is 3.44. The van der Waals surface area contributed by atoms with E-state index in [0.29, 0.717) is 0 Å². The van der Waals surface area contributed by atoms with Gasteiger partial charge in [0, 0.05) is 37.0 Å². The minimum Gasteiger partial charge on any atom is -0.454 e. The number of hydrogen-bond acceptors (Lipinski definition) is 2. The van der Waals surface area contributed by atoms with E-state index in [1.165, 1.54) is 64.4 Å². The number of rotatable bonds is 0. The molecule has 4 heteroatoms. The number of benzene rings is 5. The highest BCUT2D eigenvalue weighted by molar-refractivity contribution is 8.00. The van der Waals surface area contributed by atoms with Gasteiger partial charge in [-0.3, -0.25) is 0 Å². The van der Waals surface area contributed by atoms with Gasteiger partial charge in [0.2, 0.25) is 6.71 Å². The van der Waals surface area contributed by atoms with Crippen molar-refractivity contribution < 1.29 is 4.42 Å². The van der Waals surface area contributed by atoms with Gasteiger partial charge in [0.05, 0.1) is 11.0 Å². The van der Waals surface area contributed by atoms with Crippen molar-refractivity contribution in [3.8, 4) is 5.69 Å². The Morgan fingerprint density at radius 1 is 0.588 bits per heavy atom. The highest BCUT2D eigenvalue weighted by Gasteiger charge is 2.39. The van der Waals surface area contributed by atoms with Crippen LogP contribution in [0.3, 0.4) is 0 Å². The first-order chi connectivity index (χ1) is 16.9. The molecule has 0 amide bonds. The first-order valence-electron chi connectivity index (χ1n) is 11.7. The van der Waals surface area contributed by atoms with Crippen LogP contribution in [-0.2, 0) is 0 Å². The summed E-state index contributed by atoms with van der Waals surface area (Å²) >= 11 is 1.90. The van der Waals surface area contributed by atoms with Crippen LogP contribution in [-0.4, -0.2) is 11.3 Å². The number of fused-ring (bicyclic) bond motifs is 12. The van der Waals surface area contributed by atoms with Crippen LogP contribution >= 0.6 is 11.8 Å². The molecule has 2 nitrogen and oxygen atoms in total. The summed E-state index contributed by atoms with van der Waals surface area (Å²) in [7, 11) is 0. The predicted molar refractivity (Wildman–Crippen MR) is 143 cm³/mol. The SMILES string of the molecule is c1ccc2c(c1)Sc1ccc3c4ccc5c6ccccc6oc5c4n4c3c1B2c1ccccc1-4. The lowest BCUT2D eigenvalue weighted by molar-refractivity contribution is 0.671. The van der Waals surface area contributed by atoms with Gasteiger partial charge in [0.1, 0.15) is 5.58 Å². The zero-order valence-electron chi connectivity index (χ0n) is 18.1. The number of furan rings is 1. The van der Waals surface area contributed by atoms with Gasteiger partial charge in [-0.05, 0) is 41.3 Å². The lowest BCUT2D eigenvalue weighted by atomic mass is 9.35. The average molecular weight is 449 g/mol. The molecule has 2 aromatic heterocycles. The van der Waals surface area contributed by atoms with Gasteiger partial charge in [-0.1, -0.05) is 84.0 Å². The summed E-state index contributed by atoms with van der Waals surface area (Å²) in [6, 6.07) is 35.3. The van der Waals surface area contributed by atoms with E-state index in [-0.39, 0.29) is 6.71 Å². The zero-order valence-corrected chi connectivity index (χ0v) is 18.9. The van der Waals surface area contributed by atoms with Crippen molar-refractivity contribution in [1.82, 2.24) is 4.57 Å². The van der Waals surface area contributed by atoms with E-state index in [0.717, 1.165) is 11.2 Å². The molecule has 156 valence electrons. The van der Waals surface area contributed by atoms with Crippen LogP contribution in [0.5, 0.6) is 0 Å². The van der Waals surface area contributed by atoms with Crippen molar-refractivity contribution in [2.24, 2.45) is 0 Å². The van der Waals surface area contributed by atoms with Crippen LogP contribution in [0.15, 0.2) is 111 Å². The van der Waals surface area contributed by atoms with E-state index in [4.69, 9.17) is 4.42 Å². The summed E-state index contributed by atoms with van der Waals surface area (Å²) in [4.78, 5) is 2.72. The molecular weight excluding hydrogens is 433 g/mol. The largest absolute Gasteiger partial charge is 0.454 e. The summed E-state index contributed by atoms with van der Waals surface area (Å²) in [6.45, 7) is 0.246. The molecule has 0 fully saturated rings. The minimum absolute atomic E-state index is 0.246. The summed E-state index contributed by atoms with van der Waals surface area (Å²) in [5.41, 5.74) is 9.87. The van der Waals surface area contributed by atoms with Crippen molar-refractivity contribution in [2.45, 2.75) is 9.79 Å². The first kappa shape index (κ1) is 17.6. The van der Waals surface area contributed by atoms with Crippen LogP contribution < -0.4 is 16.4 Å². The molecule has 0 radical (unpaired) electrons. The molecule has 0 N–H and O–H groups in total. The summed E-state index contributed by atoms with van der Waals surface area (Å²) in [5, 5.41) is 4.90. The zero-order chi connectivity index (χ0) is 22.0. The molecular formula is C30H16BNOS. The third-order valence-corrected chi connectivity index (χ3v) is 8.83. The molecule has 2 aliphatic heterocycles. The van der Waals surface area contributed by atoms with E-state index in [2.05, 4.69) is 95.6 Å². The molecule has 0 unspecified atom stereocenters. The highest BCUT2D eigenvalue weighted by Crippen LogP contribution is 2.43. The van der Waals surface area contributed by atoms with Crippen molar-refractivity contribution in [1.29, 1.82) is 0 Å². The third kappa shape index (κ3) is 1.94. The fourth-order valence-corrected chi connectivity index (χ4v) is 7.47. The fourth-order valence-electron chi connectivity index (χ4n) is 6.33. The van der Waals surface area contributed by atoms with Crippen molar-refractivity contribution in [3.05, 3.63) is 97.1 Å². The number of nitrogens with zero attached hydrogens (tertiary/aromatic N) is 1. The summed E-state index contributed by atoms with van der Waals surface area (Å²) in [6.07, 6.45) is 0. The lowest BCUT2D eigenvalue weighted by Gasteiger charge is -2.32. The van der Waals surface area contributed by atoms with E-state index in [1.54, 1.807) is 0 Å². The molecule has 0 spiro atoms. The molecule has 0 aliphatic carbocycles. The molecule has 5 aromatic carbocycles. The van der Waals surface area contributed by atoms with Crippen molar-refractivity contribution in [2.75, 3.05) is 0 Å². The fraction of sp³-hybridized carbons (Fsp3) is 0. The van der Waals surface area contributed by atoms with Gasteiger partial charge in [0.25, 0.3) is 0 Å². The van der Waals surface area contributed by atoms with Crippen LogP contribution in [0.2, 0.25) is 0 Å². The van der Waals surface area contributed by atoms with E-state index in [9.17, 15) is 0 Å². The molecule has 0 saturated carbocycles. The maximum absolute atomic E-state index is 6.54. The molecule has 34 heavy (non-hydrogen) atoms. The van der Waals surface area contributed by atoms with E-state index in [1.807, 2.05) is 17.8 Å². The van der Waals surface area contributed by atoms with Gasteiger partial charge in [-0.2, -0.15) is 0 Å². The van der Waals surface area contributed by atoms with E-state index < -0.39 is 0 Å². The molecule has 4 heterocycles. The Balaban J connectivity index is 1.56. The van der Waals surface area contributed by atoms with Gasteiger partial charge < -0.3 is 8.98 Å². The standard InChI is InChI=1S/C30H16BNOS/c1-5-11-24-17(7-1)20-14-13-19-18-15-16-26-27-28(18)32(29(19)30(20)33-24)23-10-4-2-8-21(23)31(27)22-9-3-6-12-25(22)34-26/h1-16H. The Morgan fingerprint density at radius 2 is 1.32 bits per heavy atom. The minimum atomic E-state index is 0.246. The molecule has 7 aromatic rings. The maximum Gasteiger partial charge on any atom is 0.249 e. The van der Waals surface area contributed by atoms with Crippen LogP contribution in [0.25, 0.3) is 49.4 Å². The quantitative estimate of drug-likeness (QED) is 0.265. The number of hydrogen-bond donors (Lipinski definition) is 0. The second-order valence-electron chi connectivity index (χ2n) is 9.28. The predicted octanol–water partition coefficient (Wildman–Crippen LogP) is 5.98. The Hall–Kier alpha value is -3.89. The monoisotopic (exact) mass is 449 g/mol. The van der Waals surface area contributed by atoms with E-state index >= 15 is 0 Å². The topological polar surface area (TPSA) is 18.1 Å². The Morgan fingerprint density at radius 3 is 2.29 bits per heavy atom. The second kappa shape index (κ2) is 5.96. The molecule has 2 aliphatic rings. The molecule has 0 saturated heterocycles. The van der Waals surface area contributed by atoms with Gasteiger partial charge in [-0.15, -0.1) is 0 Å². The normalized spacial score (nSPS) is 13.7. The van der Waals surface area contributed by atoms with Crippen LogP contribution in [0.1, 0.15) is 0 Å². The Bertz CT molecular complexity index is 2010. The number of aromatic nitrogens is 1. The van der Waals surface area contributed by atoms with Gasteiger partial charge >= 0.3 is 0 Å². The Kier molecular flexibility index (Phi) is 3.08. The Labute approximate surface area is 199 Å². The van der Waals surface area contributed by atoms with Crippen LogP contribution in [0, 0.1) is 0 Å². The maximum atomic E-state index is 6.54. The second-order valence-corrected chi connectivity index (χ2v) is 10.4. The summed E-state index contributed by atoms with van der Waals surface area (Å²) < 4.78 is 9.03. The van der Waals surface area contributed by atoms with Gasteiger partial charge in [-0.25, -0.2) is 0 Å². The third-order valence-electron chi connectivity index (χ3n) is 7.66. The number of para-hydroxylation sites is 2. The molecule has 0 atom stereocenters. The molecule has 0 bridgehead atoms. The van der Waals surface area contributed by atoms with Crippen molar-refractivity contribution >= 4 is 78.6 Å². The highest BCUT2D eigenvalue weighted by atomic mass is 32.2. The molecule has 9 rings (SSSR count).